The number of nitrogens with two attached hydrogens (primary N) is 1. The topological polar surface area (TPSA) is 47.3 Å². The molecule has 0 heterocycles. The first-order chi connectivity index (χ1) is 8.02. The highest BCUT2D eigenvalue weighted by Crippen LogP contribution is 2.29. The maximum absolute atomic E-state index is 5.79. The molecule has 3 N–H and O–H groups in total. The molecule has 0 saturated carbocycles. The molecule has 17 heavy (non-hydrogen) atoms. The average Bonchev–Trinajstić information content (AvgIpc) is 2.36. The fourth-order valence-corrected chi connectivity index (χ4v) is 1.86. The summed E-state index contributed by atoms with van der Waals surface area (Å²) in [5, 5.41) is 3.35. The van der Waals surface area contributed by atoms with E-state index < -0.39 is 0 Å². The highest BCUT2D eigenvalue weighted by atomic mass is 16.5. The summed E-state index contributed by atoms with van der Waals surface area (Å²) in [4.78, 5) is 0. The SMILES string of the molecule is CNC(CC(C)(C)CN)c1ccc(OC)cc1. The van der Waals surface area contributed by atoms with Crippen molar-refractivity contribution in [3.8, 4) is 5.75 Å². The molecule has 3 heteroatoms. The molecule has 0 bridgehead atoms. The number of methoxy groups -OCH3 is 1. The van der Waals surface area contributed by atoms with Crippen molar-refractivity contribution in [1.29, 1.82) is 0 Å². The van der Waals surface area contributed by atoms with Gasteiger partial charge in [0.25, 0.3) is 0 Å². The largest absolute Gasteiger partial charge is 0.497 e. The van der Waals surface area contributed by atoms with Crippen LogP contribution in [0.4, 0.5) is 0 Å². The summed E-state index contributed by atoms with van der Waals surface area (Å²) in [6, 6.07) is 8.53. The molecule has 0 radical (unpaired) electrons. The summed E-state index contributed by atoms with van der Waals surface area (Å²) in [7, 11) is 3.67. The van der Waals surface area contributed by atoms with Gasteiger partial charge in [-0.2, -0.15) is 0 Å². The van der Waals surface area contributed by atoms with Gasteiger partial charge in [-0.1, -0.05) is 26.0 Å². The number of hydrogen-bond donors (Lipinski definition) is 2. The van der Waals surface area contributed by atoms with Gasteiger partial charge in [0.2, 0.25) is 0 Å². The Morgan fingerprint density at radius 2 is 1.88 bits per heavy atom. The normalized spacial score (nSPS) is 13.5. The van der Waals surface area contributed by atoms with E-state index in [0.717, 1.165) is 12.2 Å². The van der Waals surface area contributed by atoms with Gasteiger partial charge in [0.1, 0.15) is 5.75 Å². The second kappa shape index (κ2) is 6.03. The summed E-state index contributed by atoms with van der Waals surface area (Å²) >= 11 is 0. The molecule has 0 fully saturated rings. The van der Waals surface area contributed by atoms with Crippen LogP contribution >= 0.6 is 0 Å². The second-order valence-electron chi connectivity index (χ2n) is 5.19. The monoisotopic (exact) mass is 236 g/mol. The van der Waals surface area contributed by atoms with Crippen LogP contribution in [-0.4, -0.2) is 20.7 Å². The van der Waals surface area contributed by atoms with Gasteiger partial charge < -0.3 is 15.8 Å². The molecule has 1 unspecified atom stereocenters. The first-order valence-corrected chi connectivity index (χ1v) is 6.03. The molecule has 96 valence electrons. The molecule has 0 aromatic heterocycles. The van der Waals surface area contributed by atoms with Gasteiger partial charge in [0, 0.05) is 6.04 Å². The summed E-state index contributed by atoms with van der Waals surface area (Å²) in [5.41, 5.74) is 7.20. The molecule has 0 spiro atoms. The Kier molecular flexibility index (Phi) is 4.97. The van der Waals surface area contributed by atoms with Crippen LogP contribution in [0.1, 0.15) is 31.9 Å². The fourth-order valence-electron chi connectivity index (χ4n) is 1.86. The predicted molar refractivity (Wildman–Crippen MR) is 72.2 cm³/mol. The molecule has 0 amide bonds. The Morgan fingerprint density at radius 1 is 1.29 bits per heavy atom. The minimum absolute atomic E-state index is 0.146. The third kappa shape index (κ3) is 4.02. The van der Waals surface area contributed by atoms with Gasteiger partial charge in [0.15, 0.2) is 0 Å². The number of benzene rings is 1. The second-order valence-corrected chi connectivity index (χ2v) is 5.19. The van der Waals surface area contributed by atoms with Crippen molar-refractivity contribution in [3.05, 3.63) is 29.8 Å². The molecule has 0 aliphatic carbocycles. The molecule has 3 nitrogen and oxygen atoms in total. The smallest absolute Gasteiger partial charge is 0.118 e. The van der Waals surface area contributed by atoms with Crippen LogP contribution in [0.5, 0.6) is 5.75 Å². The molecule has 1 aromatic rings. The van der Waals surface area contributed by atoms with E-state index in [-0.39, 0.29) is 5.41 Å². The lowest BCUT2D eigenvalue weighted by molar-refractivity contribution is 0.299. The number of hydrogen-bond acceptors (Lipinski definition) is 3. The molecule has 1 aromatic carbocycles. The van der Waals surface area contributed by atoms with E-state index in [2.05, 4.69) is 31.3 Å². The highest BCUT2D eigenvalue weighted by molar-refractivity contribution is 5.29. The van der Waals surface area contributed by atoms with Gasteiger partial charge >= 0.3 is 0 Å². The van der Waals surface area contributed by atoms with Crippen molar-refractivity contribution in [3.63, 3.8) is 0 Å². The third-order valence-electron chi connectivity index (χ3n) is 3.18. The Bertz CT molecular complexity index is 333. The van der Waals surface area contributed by atoms with Crippen molar-refractivity contribution in [2.24, 2.45) is 11.1 Å². The maximum atomic E-state index is 5.79. The molecule has 0 aliphatic rings. The minimum Gasteiger partial charge on any atom is -0.497 e. The summed E-state index contributed by atoms with van der Waals surface area (Å²) in [5.74, 6) is 0.890. The van der Waals surface area contributed by atoms with E-state index in [4.69, 9.17) is 10.5 Å². The summed E-state index contributed by atoms with van der Waals surface area (Å²) in [6.07, 6.45) is 1.02. The summed E-state index contributed by atoms with van der Waals surface area (Å²) in [6.45, 7) is 5.09. The number of nitrogens with one attached hydrogen (secondary N) is 1. The van der Waals surface area contributed by atoms with E-state index in [9.17, 15) is 0 Å². The van der Waals surface area contributed by atoms with Crippen LogP contribution in [0.15, 0.2) is 24.3 Å². The van der Waals surface area contributed by atoms with Crippen molar-refractivity contribution >= 4 is 0 Å². The van der Waals surface area contributed by atoms with Crippen molar-refractivity contribution in [2.45, 2.75) is 26.3 Å². The van der Waals surface area contributed by atoms with Gasteiger partial charge in [-0.15, -0.1) is 0 Å². The van der Waals surface area contributed by atoms with Crippen LogP contribution < -0.4 is 15.8 Å². The van der Waals surface area contributed by atoms with Crippen LogP contribution in [0, 0.1) is 5.41 Å². The van der Waals surface area contributed by atoms with Crippen LogP contribution in [0.3, 0.4) is 0 Å². The van der Waals surface area contributed by atoms with Gasteiger partial charge in [0.05, 0.1) is 7.11 Å². The quantitative estimate of drug-likeness (QED) is 0.797. The molecular formula is C14H24N2O. The van der Waals surface area contributed by atoms with Crippen LogP contribution in [0.25, 0.3) is 0 Å². The molecule has 0 saturated heterocycles. The van der Waals surface area contributed by atoms with Crippen LogP contribution in [0.2, 0.25) is 0 Å². The Hall–Kier alpha value is -1.06. The fraction of sp³-hybridized carbons (Fsp3) is 0.571. The van der Waals surface area contributed by atoms with E-state index in [1.165, 1.54) is 5.56 Å². The zero-order chi connectivity index (χ0) is 12.9. The first kappa shape index (κ1) is 14.0. The molecular weight excluding hydrogens is 212 g/mol. The maximum Gasteiger partial charge on any atom is 0.118 e. The zero-order valence-electron chi connectivity index (χ0n) is 11.3. The van der Waals surface area contributed by atoms with E-state index >= 15 is 0 Å². The van der Waals surface area contributed by atoms with E-state index in [1.54, 1.807) is 7.11 Å². The van der Waals surface area contributed by atoms with Crippen molar-refractivity contribution in [2.75, 3.05) is 20.7 Å². The lowest BCUT2D eigenvalue weighted by Gasteiger charge is -2.28. The molecule has 1 rings (SSSR count). The van der Waals surface area contributed by atoms with E-state index in [0.29, 0.717) is 12.6 Å². The number of ether oxygens (including phenoxy) is 1. The molecule has 1 atom stereocenters. The lowest BCUT2D eigenvalue weighted by Crippen LogP contribution is -2.30. The highest BCUT2D eigenvalue weighted by Gasteiger charge is 2.22. The predicted octanol–water partition coefficient (Wildman–Crippen LogP) is 2.33. The van der Waals surface area contributed by atoms with Crippen molar-refractivity contribution < 1.29 is 4.74 Å². The van der Waals surface area contributed by atoms with E-state index in [1.807, 2.05) is 19.2 Å². The zero-order valence-corrected chi connectivity index (χ0v) is 11.3. The van der Waals surface area contributed by atoms with Gasteiger partial charge in [-0.05, 0) is 43.1 Å². The van der Waals surface area contributed by atoms with Gasteiger partial charge in [-0.25, -0.2) is 0 Å². The standard InChI is InChI=1S/C14H24N2O/c1-14(2,10-15)9-13(16-3)11-5-7-12(17-4)8-6-11/h5-8,13,16H,9-10,15H2,1-4H3. The first-order valence-electron chi connectivity index (χ1n) is 6.03. The Balaban J connectivity index is 2.79. The van der Waals surface area contributed by atoms with Crippen molar-refractivity contribution in [1.82, 2.24) is 5.32 Å². The van der Waals surface area contributed by atoms with Gasteiger partial charge in [-0.3, -0.25) is 0 Å². The Labute approximate surface area is 104 Å². The van der Waals surface area contributed by atoms with Crippen LogP contribution in [-0.2, 0) is 0 Å². The number of rotatable bonds is 6. The molecule has 0 aliphatic heterocycles. The lowest BCUT2D eigenvalue weighted by atomic mass is 9.83. The minimum atomic E-state index is 0.146. The summed E-state index contributed by atoms with van der Waals surface area (Å²) < 4.78 is 5.16. The average molecular weight is 236 g/mol. The third-order valence-corrected chi connectivity index (χ3v) is 3.18. The Morgan fingerprint density at radius 3 is 2.29 bits per heavy atom.